The monoisotopic (exact) mass is 329 g/mol. The van der Waals surface area contributed by atoms with Crippen molar-refractivity contribution in [2.24, 2.45) is 0 Å². The summed E-state index contributed by atoms with van der Waals surface area (Å²) in [4.78, 5) is 35.1. The van der Waals surface area contributed by atoms with Gasteiger partial charge < -0.3 is 10.6 Å². The Kier molecular flexibility index (Phi) is 4.45. The van der Waals surface area contributed by atoms with E-state index < -0.39 is 12.1 Å². The molecule has 1 aromatic heterocycles. The van der Waals surface area contributed by atoms with Crippen LogP contribution in [0.1, 0.15) is 25.5 Å². The van der Waals surface area contributed by atoms with Gasteiger partial charge in [0, 0.05) is 18.4 Å². The van der Waals surface area contributed by atoms with E-state index in [9.17, 15) is 14.4 Å². The largest absolute Gasteiger partial charge is 0.349 e. The lowest BCUT2D eigenvalue weighted by atomic mass is 10.1. The van der Waals surface area contributed by atoms with Gasteiger partial charge in [-0.15, -0.1) is 0 Å². The summed E-state index contributed by atoms with van der Waals surface area (Å²) in [5.41, 5.74) is 1.79. The zero-order valence-electron chi connectivity index (χ0n) is 13.3. The van der Waals surface area contributed by atoms with Crippen LogP contribution in [0.2, 0.25) is 0 Å². The fourth-order valence-electron chi connectivity index (χ4n) is 2.79. The standard InChI is InChI=1S/C16H19N5O3/c1-2-21-13-6-4-3-5-10(13)12(20-21)9-17-15(23)11-7-8-14(22)19-16(24)18-11/h3-6,11H,2,7-9H2,1H3,(H,17,23)(H2,18,19,22,24)/t11-/m0/s1. The van der Waals surface area contributed by atoms with E-state index in [1.54, 1.807) is 0 Å². The van der Waals surface area contributed by atoms with Gasteiger partial charge in [0.15, 0.2) is 0 Å². The Labute approximate surface area is 138 Å². The van der Waals surface area contributed by atoms with Crippen molar-refractivity contribution in [2.45, 2.75) is 38.9 Å². The van der Waals surface area contributed by atoms with Crippen LogP contribution in [0.4, 0.5) is 4.79 Å². The molecule has 3 N–H and O–H groups in total. The van der Waals surface area contributed by atoms with Crippen molar-refractivity contribution in [3.63, 3.8) is 0 Å². The minimum atomic E-state index is -0.726. The highest BCUT2D eigenvalue weighted by atomic mass is 16.2. The van der Waals surface area contributed by atoms with Crippen molar-refractivity contribution >= 4 is 28.7 Å². The number of hydrogen-bond acceptors (Lipinski definition) is 4. The van der Waals surface area contributed by atoms with Crippen molar-refractivity contribution in [3.8, 4) is 0 Å². The van der Waals surface area contributed by atoms with Crippen molar-refractivity contribution in [1.29, 1.82) is 0 Å². The number of carbonyl (C=O) groups is 3. The highest BCUT2D eigenvalue weighted by molar-refractivity contribution is 5.98. The van der Waals surface area contributed by atoms with E-state index >= 15 is 0 Å². The SMILES string of the molecule is CCn1nc(CNC(=O)[C@@H]2CCC(=O)NC(=O)N2)c2ccccc21. The number of imide groups is 1. The second-order valence-electron chi connectivity index (χ2n) is 5.61. The molecule has 0 aliphatic carbocycles. The van der Waals surface area contributed by atoms with Gasteiger partial charge in [-0.25, -0.2) is 4.79 Å². The van der Waals surface area contributed by atoms with Gasteiger partial charge in [-0.2, -0.15) is 5.10 Å². The Hall–Kier alpha value is -2.90. The first kappa shape index (κ1) is 16.0. The maximum absolute atomic E-state index is 12.3. The minimum absolute atomic E-state index is 0.129. The number of aromatic nitrogens is 2. The van der Waals surface area contributed by atoms with E-state index in [-0.39, 0.29) is 31.2 Å². The average Bonchev–Trinajstić information content (AvgIpc) is 2.84. The van der Waals surface area contributed by atoms with Crippen LogP contribution in [0.25, 0.3) is 10.9 Å². The molecule has 24 heavy (non-hydrogen) atoms. The molecule has 8 nitrogen and oxygen atoms in total. The molecule has 0 spiro atoms. The number of fused-ring (bicyclic) bond motifs is 1. The third-order valence-electron chi connectivity index (χ3n) is 4.00. The Balaban J connectivity index is 1.70. The van der Waals surface area contributed by atoms with Gasteiger partial charge >= 0.3 is 6.03 Å². The van der Waals surface area contributed by atoms with Crippen LogP contribution in [-0.4, -0.2) is 33.7 Å². The Bertz CT molecular complexity index is 798. The van der Waals surface area contributed by atoms with Crippen LogP contribution >= 0.6 is 0 Å². The van der Waals surface area contributed by atoms with Crippen molar-refractivity contribution in [3.05, 3.63) is 30.0 Å². The molecule has 1 aliphatic heterocycles. The molecule has 4 amide bonds. The first-order valence-electron chi connectivity index (χ1n) is 7.91. The average molecular weight is 329 g/mol. The first-order chi connectivity index (χ1) is 11.6. The fraction of sp³-hybridized carbons (Fsp3) is 0.375. The molecule has 3 rings (SSSR count). The molecule has 2 heterocycles. The number of urea groups is 1. The maximum atomic E-state index is 12.3. The highest BCUT2D eigenvalue weighted by Crippen LogP contribution is 2.18. The molecule has 2 aromatic rings. The molecule has 0 saturated carbocycles. The van der Waals surface area contributed by atoms with Gasteiger partial charge in [-0.1, -0.05) is 18.2 Å². The lowest BCUT2D eigenvalue weighted by Gasteiger charge is -2.14. The van der Waals surface area contributed by atoms with Crippen molar-refractivity contribution < 1.29 is 14.4 Å². The van der Waals surface area contributed by atoms with E-state index in [2.05, 4.69) is 21.0 Å². The first-order valence-corrected chi connectivity index (χ1v) is 7.91. The van der Waals surface area contributed by atoms with Crippen LogP contribution < -0.4 is 16.0 Å². The quantitative estimate of drug-likeness (QED) is 0.766. The number of rotatable bonds is 4. The zero-order valence-corrected chi connectivity index (χ0v) is 13.3. The van der Waals surface area contributed by atoms with E-state index in [0.29, 0.717) is 0 Å². The summed E-state index contributed by atoms with van der Waals surface area (Å²) < 4.78 is 1.88. The number of amides is 4. The molecular weight excluding hydrogens is 310 g/mol. The number of nitrogens with one attached hydrogen (secondary N) is 3. The lowest BCUT2D eigenvalue weighted by Crippen LogP contribution is -2.48. The Morgan fingerprint density at radius 1 is 1.38 bits per heavy atom. The van der Waals surface area contributed by atoms with E-state index in [0.717, 1.165) is 23.1 Å². The Morgan fingerprint density at radius 2 is 2.17 bits per heavy atom. The van der Waals surface area contributed by atoms with Gasteiger partial charge in [-0.3, -0.25) is 19.6 Å². The molecule has 1 aromatic carbocycles. The minimum Gasteiger partial charge on any atom is -0.349 e. The lowest BCUT2D eigenvalue weighted by molar-refractivity contribution is -0.123. The second-order valence-corrected chi connectivity index (χ2v) is 5.61. The van der Waals surface area contributed by atoms with Crippen LogP contribution in [0, 0.1) is 0 Å². The Morgan fingerprint density at radius 3 is 2.96 bits per heavy atom. The third-order valence-corrected chi connectivity index (χ3v) is 4.00. The summed E-state index contributed by atoms with van der Waals surface area (Å²) in [6, 6.07) is 6.46. The fourth-order valence-corrected chi connectivity index (χ4v) is 2.79. The predicted octanol–water partition coefficient (Wildman–Crippen LogP) is 0.661. The van der Waals surface area contributed by atoms with Gasteiger partial charge in [-0.05, 0) is 19.4 Å². The maximum Gasteiger partial charge on any atom is 0.322 e. The number of para-hydroxylation sites is 1. The molecule has 1 saturated heterocycles. The molecular formula is C16H19N5O3. The number of aryl methyl sites for hydroxylation is 1. The van der Waals surface area contributed by atoms with Gasteiger partial charge in [0.25, 0.3) is 0 Å². The van der Waals surface area contributed by atoms with E-state index in [1.807, 2.05) is 35.9 Å². The molecule has 8 heteroatoms. The van der Waals surface area contributed by atoms with Crippen LogP contribution in [-0.2, 0) is 22.7 Å². The van der Waals surface area contributed by atoms with Gasteiger partial charge in [0.05, 0.1) is 17.8 Å². The summed E-state index contributed by atoms with van der Waals surface area (Å²) in [5, 5.41) is 12.9. The summed E-state index contributed by atoms with van der Waals surface area (Å²) in [5.74, 6) is -0.703. The number of carbonyl (C=O) groups excluding carboxylic acids is 3. The van der Waals surface area contributed by atoms with Crippen LogP contribution in [0.3, 0.4) is 0 Å². The molecule has 0 unspecified atom stereocenters. The predicted molar refractivity (Wildman–Crippen MR) is 87.0 cm³/mol. The molecule has 1 fully saturated rings. The molecule has 0 bridgehead atoms. The summed E-state index contributed by atoms with van der Waals surface area (Å²) >= 11 is 0. The topological polar surface area (TPSA) is 105 Å². The normalized spacial score (nSPS) is 18.0. The van der Waals surface area contributed by atoms with Crippen LogP contribution in [0.15, 0.2) is 24.3 Å². The second kappa shape index (κ2) is 6.69. The molecule has 1 aliphatic rings. The molecule has 1 atom stereocenters. The van der Waals surface area contributed by atoms with Gasteiger partial charge in [0.2, 0.25) is 11.8 Å². The highest BCUT2D eigenvalue weighted by Gasteiger charge is 2.26. The summed E-state index contributed by atoms with van der Waals surface area (Å²) in [7, 11) is 0. The number of hydrogen-bond donors (Lipinski definition) is 3. The van der Waals surface area contributed by atoms with Gasteiger partial charge in [0.1, 0.15) is 6.04 Å². The smallest absolute Gasteiger partial charge is 0.322 e. The van der Waals surface area contributed by atoms with Crippen molar-refractivity contribution in [1.82, 2.24) is 25.7 Å². The van der Waals surface area contributed by atoms with Crippen LogP contribution in [0.5, 0.6) is 0 Å². The number of benzene rings is 1. The zero-order chi connectivity index (χ0) is 17.1. The summed E-state index contributed by atoms with van der Waals surface area (Å²) in [6.07, 6.45) is 0.401. The van der Waals surface area contributed by atoms with Crippen molar-refractivity contribution in [2.75, 3.05) is 0 Å². The van der Waals surface area contributed by atoms with E-state index in [4.69, 9.17) is 0 Å². The molecule has 0 radical (unpaired) electrons. The number of nitrogens with zero attached hydrogens (tertiary/aromatic N) is 2. The van der Waals surface area contributed by atoms with E-state index in [1.165, 1.54) is 0 Å². The third kappa shape index (κ3) is 3.22. The molecule has 126 valence electrons. The summed E-state index contributed by atoms with van der Waals surface area (Å²) in [6.45, 7) is 3.01.